The zero-order chi connectivity index (χ0) is 7.84. The van der Waals surface area contributed by atoms with Crippen molar-refractivity contribution in [2.75, 3.05) is 0 Å². The number of imidazole rings is 1. The minimum atomic E-state index is 1.12. The second kappa shape index (κ2) is 2.34. The van der Waals surface area contributed by atoms with Crippen LogP contribution in [0, 0.1) is 6.92 Å². The van der Waals surface area contributed by atoms with Crippen molar-refractivity contribution in [3.63, 3.8) is 0 Å². The third-order valence-electron chi connectivity index (χ3n) is 1.92. The summed E-state index contributed by atoms with van der Waals surface area (Å²) >= 11 is 1.83. The van der Waals surface area contributed by atoms with Crippen LogP contribution in [-0.2, 0) is 6.42 Å². The van der Waals surface area contributed by atoms with Gasteiger partial charge in [0.05, 0.1) is 6.20 Å². The van der Waals surface area contributed by atoms with Gasteiger partial charge in [-0.3, -0.25) is 4.40 Å². The first-order valence-electron chi connectivity index (χ1n) is 3.73. The van der Waals surface area contributed by atoms with Crippen LogP contribution in [0.1, 0.15) is 17.5 Å². The van der Waals surface area contributed by atoms with Crippen LogP contribution < -0.4 is 0 Å². The second-order valence-electron chi connectivity index (χ2n) is 2.57. The molecule has 0 amide bonds. The van der Waals surface area contributed by atoms with E-state index in [1.165, 1.54) is 15.4 Å². The van der Waals surface area contributed by atoms with Crippen LogP contribution in [0.5, 0.6) is 0 Å². The molecular formula is C8H10N2S. The van der Waals surface area contributed by atoms with E-state index in [2.05, 4.69) is 23.2 Å². The maximum absolute atomic E-state index is 4.07. The van der Waals surface area contributed by atoms with Crippen molar-refractivity contribution in [3.8, 4) is 0 Å². The number of aromatic nitrogens is 2. The maximum atomic E-state index is 4.07. The third kappa shape index (κ3) is 0.878. The van der Waals surface area contributed by atoms with E-state index >= 15 is 0 Å². The highest BCUT2D eigenvalue weighted by atomic mass is 32.1. The number of rotatable bonds is 1. The molecule has 0 saturated heterocycles. The Balaban J connectivity index is 2.76. The fourth-order valence-electron chi connectivity index (χ4n) is 1.27. The Hall–Kier alpha value is -0.830. The molecule has 58 valence electrons. The Bertz CT molecular complexity index is 372. The Morgan fingerprint density at radius 1 is 1.64 bits per heavy atom. The lowest BCUT2D eigenvalue weighted by Crippen LogP contribution is -1.84. The van der Waals surface area contributed by atoms with Crippen LogP contribution in [0.15, 0.2) is 12.5 Å². The minimum absolute atomic E-state index is 1.12. The topological polar surface area (TPSA) is 17.3 Å². The predicted molar refractivity (Wildman–Crippen MR) is 47.2 cm³/mol. The van der Waals surface area contributed by atoms with E-state index in [1.54, 1.807) is 0 Å². The summed E-state index contributed by atoms with van der Waals surface area (Å²) in [7, 11) is 0. The Morgan fingerprint density at radius 2 is 2.45 bits per heavy atom. The van der Waals surface area contributed by atoms with Crippen molar-refractivity contribution in [3.05, 3.63) is 23.1 Å². The molecule has 0 aliphatic carbocycles. The molecule has 2 heterocycles. The summed E-state index contributed by atoms with van der Waals surface area (Å²) in [5, 5.41) is 0. The molecule has 2 nitrogen and oxygen atoms in total. The van der Waals surface area contributed by atoms with Gasteiger partial charge in [0, 0.05) is 10.6 Å². The molecule has 0 aromatic carbocycles. The average molecular weight is 166 g/mol. The van der Waals surface area contributed by atoms with Crippen LogP contribution in [0.4, 0.5) is 0 Å². The van der Waals surface area contributed by atoms with Crippen LogP contribution >= 0.6 is 11.3 Å². The lowest BCUT2D eigenvalue weighted by molar-refractivity contribution is 1.04. The van der Waals surface area contributed by atoms with Crippen molar-refractivity contribution in [1.82, 2.24) is 9.38 Å². The fourth-order valence-corrected chi connectivity index (χ4v) is 2.31. The van der Waals surface area contributed by atoms with Gasteiger partial charge in [-0.05, 0) is 13.3 Å². The molecule has 2 rings (SSSR count). The van der Waals surface area contributed by atoms with Gasteiger partial charge >= 0.3 is 0 Å². The van der Waals surface area contributed by atoms with Crippen molar-refractivity contribution in [1.29, 1.82) is 0 Å². The van der Waals surface area contributed by atoms with E-state index in [0.29, 0.717) is 0 Å². The SMILES string of the molecule is CCc1sc2cncn2c1C. The molecule has 0 unspecified atom stereocenters. The monoisotopic (exact) mass is 166 g/mol. The highest BCUT2D eigenvalue weighted by molar-refractivity contribution is 7.17. The molecule has 0 saturated carbocycles. The van der Waals surface area contributed by atoms with Gasteiger partial charge in [0.15, 0.2) is 0 Å². The molecule has 0 atom stereocenters. The van der Waals surface area contributed by atoms with E-state index in [9.17, 15) is 0 Å². The Kier molecular flexibility index (Phi) is 1.46. The van der Waals surface area contributed by atoms with Gasteiger partial charge in [0.1, 0.15) is 11.2 Å². The van der Waals surface area contributed by atoms with Crippen LogP contribution in [-0.4, -0.2) is 9.38 Å². The molecule has 0 fully saturated rings. The van der Waals surface area contributed by atoms with E-state index in [4.69, 9.17) is 0 Å². The summed E-state index contributed by atoms with van der Waals surface area (Å²) in [5.41, 5.74) is 1.34. The van der Waals surface area contributed by atoms with Crippen molar-refractivity contribution in [2.45, 2.75) is 20.3 Å². The summed E-state index contributed by atoms with van der Waals surface area (Å²) in [6.07, 6.45) is 4.91. The molecule has 3 heteroatoms. The van der Waals surface area contributed by atoms with Gasteiger partial charge in [-0.25, -0.2) is 4.98 Å². The molecule has 0 aliphatic heterocycles. The molecule has 11 heavy (non-hydrogen) atoms. The van der Waals surface area contributed by atoms with Crippen molar-refractivity contribution in [2.24, 2.45) is 0 Å². The molecule has 2 aromatic heterocycles. The number of nitrogens with zero attached hydrogens (tertiary/aromatic N) is 2. The highest BCUT2D eigenvalue weighted by Gasteiger charge is 2.04. The Morgan fingerprint density at radius 3 is 3.09 bits per heavy atom. The molecule has 2 aromatic rings. The lowest BCUT2D eigenvalue weighted by Gasteiger charge is -1.91. The second-order valence-corrected chi connectivity index (χ2v) is 3.68. The molecule has 0 N–H and O–H groups in total. The van der Waals surface area contributed by atoms with Crippen LogP contribution in [0.25, 0.3) is 4.83 Å². The molecule has 0 aliphatic rings. The smallest absolute Gasteiger partial charge is 0.119 e. The lowest BCUT2D eigenvalue weighted by atomic mass is 10.3. The zero-order valence-corrected chi connectivity index (χ0v) is 7.48. The Labute approximate surface area is 69.5 Å². The third-order valence-corrected chi connectivity index (χ3v) is 3.26. The first kappa shape index (κ1) is 6.85. The average Bonchev–Trinajstić information content (AvgIpc) is 2.53. The minimum Gasteiger partial charge on any atom is -0.294 e. The number of fused-ring (bicyclic) bond motifs is 1. The van der Waals surface area contributed by atoms with E-state index in [0.717, 1.165) is 6.42 Å². The first-order valence-corrected chi connectivity index (χ1v) is 4.55. The quantitative estimate of drug-likeness (QED) is 0.635. The number of thiazole rings is 1. The van der Waals surface area contributed by atoms with Gasteiger partial charge < -0.3 is 0 Å². The van der Waals surface area contributed by atoms with Gasteiger partial charge in [0.2, 0.25) is 0 Å². The summed E-state index contributed by atoms with van der Waals surface area (Å²) in [5.74, 6) is 0. The number of hydrogen-bond acceptors (Lipinski definition) is 2. The standard InChI is InChI=1S/C8H10N2S/c1-3-7-6(2)10-5-9-4-8(10)11-7/h4-5H,3H2,1-2H3. The van der Waals surface area contributed by atoms with E-state index in [1.807, 2.05) is 23.9 Å². The summed E-state index contributed by atoms with van der Waals surface area (Å²) < 4.78 is 2.14. The summed E-state index contributed by atoms with van der Waals surface area (Å²) in [6, 6.07) is 0. The van der Waals surface area contributed by atoms with Gasteiger partial charge in [-0.2, -0.15) is 0 Å². The number of aryl methyl sites for hydroxylation is 2. The summed E-state index contributed by atoms with van der Waals surface area (Å²) in [4.78, 5) is 6.78. The zero-order valence-electron chi connectivity index (χ0n) is 6.66. The summed E-state index contributed by atoms with van der Waals surface area (Å²) in [6.45, 7) is 4.33. The van der Waals surface area contributed by atoms with Gasteiger partial charge in [-0.15, -0.1) is 11.3 Å². The van der Waals surface area contributed by atoms with E-state index < -0.39 is 0 Å². The largest absolute Gasteiger partial charge is 0.294 e. The highest BCUT2D eigenvalue weighted by Crippen LogP contribution is 2.22. The van der Waals surface area contributed by atoms with Gasteiger partial charge in [-0.1, -0.05) is 6.92 Å². The predicted octanol–water partition coefficient (Wildman–Crippen LogP) is 2.27. The van der Waals surface area contributed by atoms with Gasteiger partial charge in [0.25, 0.3) is 0 Å². The van der Waals surface area contributed by atoms with Crippen molar-refractivity contribution >= 4 is 16.2 Å². The van der Waals surface area contributed by atoms with Crippen LogP contribution in [0.3, 0.4) is 0 Å². The molecule has 0 bridgehead atoms. The van der Waals surface area contributed by atoms with Crippen molar-refractivity contribution < 1.29 is 0 Å². The maximum Gasteiger partial charge on any atom is 0.119 e. The molecular weight excluding hydrogens is 156 g/mol. The normalized spacial score (nSPS) is 11.1. The first-order chi connectivity index (χ1) is 5.33. The van der Waals surface area contributed by atoms with Crippen LogP contribution in [0.2, 0.25) is 0 Å². The molecule has 0 spiro atoms. The number of hydrogen-bond donors (Lipinski definition) is 0. The fraction of sp³-hybridized carbons (Fsp3) is 0.375. The molecule has 0 radical (unpaired) electrons. The van der Waals surface area contributed by atoms with E-state index in [-0.39, 0.29) is 0 Å².